The number of benzene rings is 2. The summed E-state index contributed by atoms with van der Waals surface area (Å²) in [5.41, 5.74) is 3.84. The van der Waals surface area contributed by atoms with Crippen LogP contribution in [0.1, 0.15) is 27.0 Å². The quantitative estimate of drug-likeness (QED) is 0.385. The van der Waals surface area contributed by atoms with E-state index >= 15 is 0 Å². The van der Waals surface area contributed by atoms with Gasteiger partial charge in [-0.1, -0.05) is 36.1 Å². The first kappa shape index (κ1) is 23.7. The van der Waals surface area contributed by atoms with Crippen LogP contribution in [0.3, 0.4) is 0 Å². The van der Waals surface area contributed by atoms with Crippen molar-refractivity contribution >= 4 is 28.7 Å². The van der Waals surface area contributed by atoms with Crippen LogP contribution in [0, 0.1) is 11.8 Å². The molecule has 1 fully saturated rings. The van der Waals surface area contributed by atoms with Crippen molar-refractivity contribution in [2.24, 2.45) is 0 Å². The lowest BCUT2D eigenvalue weighted by Gasteiger charge is -2.24. The summed E-state index contributed by atoms with van der Waals surface area (Å²) in [5, 5.41) is 14.9. The molecule has 2 aliphatic rings. The van der Waals surface area contributed by atoms with Crippen LogP contribution in [-0.2, 0) is 17.8 Å². The average molecular weight is 473 g/mol. The van der Waals surface area contributed by atoms with Gasteiger partial charge in [-0.25, -0.2) is 4.79 Å². The summed E-state index contributed by atoms with van der Waals surface area (Å²) in [7, 11) is 3.43. The Morgan fingerprint density at radius 1 is 1.20 bits per heavy atom. The first-order valence-electron chi connectivity index (χ1n) is 10.9. The maximum Gasteiger partial charge on any atom is 0.322 e. The molecule has 3 aromatic rings. The summed E-state index contributed by atoms with van der Waals surface area (Å²) in [6.45, 7) is 0.619. The number of ether oxygens (including phenoxy) is 1. The second-order valence-corrected chi connectivity index (χ2v) is 7.99. The molecule has 0 spiro atoms. The van der Waals surface area contributed by atoms with Gasteiger partial charge in [0.05, 0.1) is 19.2 Å². The number of amides is 4. The second kappa shape index (κ2) is 10.2. The first-order chi connectivity index (χ1) is 16.9. The zero-order valence-electron chi connectivity index (χ0n) is 19.3. The average Bonchev–Trinajstić information content (AvgIpc) is 3.21. The van der Waals surface area contributed by atoms with Gasteiger partial charge in [0.15, 0.2) is 6.04 Å². The van der Waals surface area contributed by atoms with E-state index in [9.17, 15) is 19.5 Å². The van der Waals surface area contributed by atoms with Crippen LogP contribution in [0.2, 0.25) is 0 Å². The Bertz CT molecular complexity index is 1380. The number of carbonyl (C=O) groups excluding carboxylic acids is 3. The number of aliphatic hydroxyl groups is 1. The molecule has 3 heterocycles. The van der Waals surface area contributed by atoms with Crippen molar-refractivity contribution in [2.45, 2.75) is 19.1 Å². The van der Waals surface area contributed by atoms with Gasteiger partial charge in [0, 0.05) is 41.9 Å². The van der Waals surface area contributed by atoms with Crippen molar-refractivity contribution in [1.29, 1.82) is 0 Å². The van der Waals surface area contributed by atoms with Crippen LogP contribution in [-0.4, -0.2) is 59.6 Å². The highest BCUT2D eigenvalue weighted by molar-refractivity contribution is 6.06. The van der Waals surface area contributed by atoms with Crippen molar-refractivity contribution < 1.29 is 24.2 Å². The molecule has 5 rings (SSSR count). The number of carbonyl (C=O) groups is 3. The number of urea groups is 1. The highest BCUT2D eigenvalue weighted by Crippen LogP contribution is 2.23. The summed E-state index contributed by atoms with van der Waals surface area (Å²) < 4.78 is 5.09. The molecule has 1 aromatic heterocycles. The molecule has 1 saturated heterocycles. The number of nitrogens with zero attached hydrogens (tertiary/aromatic N) is 2. The van der Waals surface area contributed by atoms with E-state index in [-0.39, 0.29) is 12.5 Å². The third-order valence-electron chi connectivity index (χ3n) is 5.78. The molecule has 9 heteroatoms. The fourth-order valence-electron chi connectivity index (χ4n) is 3.84. The van der Waals surface area contributed by atoms with Crippen LogP contribution in [0.5, 0.6) is 5.75 Å². The SMILES string of the molecule is COc1ccc2c(c1)C(=O)N(C)CC2.O=C1NC(=O)C(C#Cc2cnc3ccccc3c2CO)N1. The van der Waals surface area contributed by atoms with E-state index in [4.69, 9.17) is 4.74 Å². The Kier molecular flexibility index (Phi) is 6.94. The molecule has 0 radical (unpaired) electrons. The highest BCUT2D eigenvalue weighted by Gasteiger charge is 2.27. The maximum absolute atomic E-state index is 11.8. The molecule has 178 valence electrons. The van der Waals surface area contributed by atoms with E-state index in [1.54, 1.807) is 18.2 Å². The number of nitrogens with one attached hydrogen (secondary N) is 2. The summed E-state index contributed by atoms with van der Waals surface area (Å²) >= 11 is 0. The number of methoxy groups -OCH3 is 1. The fraction of sp³-hybridized carbons (Fsp3) is 0.231. The van der Waals surface area contributed by atoms with Gasteiger partial charge in [0.2, 0.25) is 0 Å². The van der Waals surface area contributed by atoms with E-state index < -0.39 is 18.0 Å². The number of aromatic nitrogens is 1. The molecular formula is C26H24N4O5. The number of pyridine rings is 1. The lowest BCUT2D eigenvalue weighted by Crippen LogP contribution is -2.34. The van der Waals surface area contributed by atoms with Crippen molar-refractivity contribution in [3.05, 3.63) is 70.9 Å². The van der Waals surface area contributed by atoms with E-state index in [0.717, 1.165) is 40.7 Å². The lowest BCUT2D eigenvalue weighted by molar-refractivity contribution is -0.119. The van der Waals surface area contributed by atoms with Gasteiger partial charge in [0.25, 0.3) is 11.8 Å². The van der Waals surface area contributed by atoms with E-state index in [1.165, 1.54) is 0 Å². The van der Waals surface area contributed by atoms with Crippen LogP contribution in [0.4, 0.5) is 4.79 Å². The Hall–Kier alpha value is -4.42. The number of hydrogen-bond acceptors (Lipinski definition) is 6. The minimum atomic E-state index is -0.879. The molecule has 35 heavy (non-hydrogen) atoms. The first-order valence-corrected chi connectivity index (χ1v) is 10.9. The second-order valence-electron chi connectivity index (χ2n) is 7.99. The Balaban J connectivity index is 0.000000179. The maximum atomic E-state index is 11.8. The van der Waals surface area contributed by atoms with Gasteiger partial charge in [0.1, 0.15) is 5.75 Å². The van der Waals surface area contributed by atoms with Gasteiger partial charge in [-0.2, -0.15) is 0 Å². The number of hydrogen-bond donors (Lipinski definition) is 3. The smallest absolute Gasteiger partial charge is 0.322 e. The molecule has 4 amide bonds. The van der Waals surface area contributed by atoms with Crippen molar-refractivity contribution in [3.63, 3.8) is 0 Å². The van der Waals surface area contributed by atoms with Gasteiger partial charge in [-0.05, 0) is 30.2 Å². The summed E-state index contributed by atoms with van der Waals surface area (Å²) in [6, 6.07) is 11.7. The zero-order valence-corrected chi connectivity index (χ0v) is 19.3. The van der Waals surface area contributed by atoms with Crippen molar-refractivity contribution in [3.8, 4) is 17.6 Å². The highest BCUT2D eigenvalue weighted by atomic mass is 16.5. The van der Waals surface area contributed by atoms with Crippen LogP contribution >= 0.6 is 0 Å². The van der Waals surface area contributed by atoms with Gasteiger partial charge in [-0.15, -0.1) is 0 Å². The van der Waals surface area contributed by atoms with Crippen LogP contribution in [0.25, 0.3) is 10.9 Å². The van der Waals surface area contributed by atoms with Crippen LogP contribution in [0.15, 0.2) is 48.7 Å². The molecule has 1 atom stereocenters. The molecule has 0 saturated carbocycles. The van der Waals surface area contributed by atoms with E-state index in [1.807, 2.05) is 49.5 Å². The van der Waals surface area contributed by atoms with Gasteiger partial charge >= 0.3 is 6.03 Å². The number of likely N-dealkylation sites (N-methyl/N-ethyl adjacent to an activating group) is 1. The third-order valence-corrected chi connectivity index (χ3v) is 5.78. The number of imide groups is 1. The number of fused-ring (bicyclic) bond motifs is 2. The lowest BCUT2D eigenvalue weighted by atomic mass is 9.99. The Labute approximate surface area is 202 Å². The van der Waals surface area contributed by atoms with Crippen molar-refractivity contribution in [2.75, 3.05) is 20.7 Å². The predicted octanol–water partition coefficient (Wildman–Crippen LogP) is 1.61. The molecule has 3 N–H and O–H groups in total. The monoisotopic (exact) mass is 472 g/mol. The topological polar surface area (TPSA) is 121 Å². The molecule has 2 aromatic carbocycles. The fourth-order valence-corrected chi connectivity index (χ4v) is 3.84. The minimum absolute atomic E-state index is 0.0881. The predicted molar refractivity (Wildman–Crippen MR) is 129 cm³/mol. The van der Waals surface area contributed by atoms with Crippen LogP contribution < -0.4 is 15.4 Å². The largest absolute Gasteiger partial charge is 0.497 e. The number of para-hydroxylation sites is 1. The molecule has 0 bridgehead atoms. The minimum Gasteiger partial charge on any atom is -0.497 e. The Morgan fingerprint density at radius 2 is 2.00 bits per heavy atom. The molecular weight excluding hydrogens is 448 g/mol. The molecule has 9 nitrogen and oxygen atoms in total. The third kappa shape index (κ3) is 5.08. The van der Waals surface area contributed by atoms with E-state index in [0.29, 0.717) is 11.1 Å². The number of rotatable bonds is 2. The number of aliphatic hydroxyl groups excluding tert-OH is 1. The summed E-state index contributed by atoms with van der Waals surface area (Å²) in [5.74, 6) is 5.82. The molecule has 0 aliphatic carbocycles. The normalized spacial score (nSPS) is 16.4. The molecule has 1 unspecified atom stereocenters. The summed E-state index contributed by atoms with van der Waals surface area (Å²) in [4.78, 5) is 40.2. The standard InChI is InChI=1S/C15H11N3O3.C11H13NO2/c19-8-11-9(5-6-13-14(20)18-15(21)17-13)7-16-12-4-2-1-3-10(11)12;1-12-6-5-8-3-4-9(14-2)7-10(8)11(12)13/h1-4,7,13,19H,8H2,(H2,17,18,20,21);3-4,7H,5-6H2,1-2H3. The zero-order chi connectivity index (χ0) is 24.9. The van der Waals surface area contributed by atoms with Gasteiger partial charge < -0.3 is 20.1 Å². The Morgan fingerprint density at radius 3 is 2.71 bits per heavy atom. The van der Waals surface area contributed by atoms with Crippen molar-refractivity contribution in [1.82, 2.24) is 20.5 Å². The molecule has 2 aliphatic heterocycles. The van der Waals surface area contributed by atoms with E-state index in [2.05, 4.69) is 27.5 Å². The van der Waals surface area contributed by atoms with Gasteiger partial charge in [-0.3, -0.25) is 19.9 Å². The summed E-state index contributed by atoms with van der Waals surface area (Å²) in [6.07, 6.45) is 2.48.